The lowest BCUT2D eigenvalue weighted by atomic mass is 9.68. The van der Waals surface area contributed by atoms with Gasteiger partial charge in [0.2, 0.25) is 5.91 Å². The highest BCUT2D eigenvalue weighted by Crippen LogP contribution is 2.41. The van der Waals surface area contributed by atoms with Crippen molar-refractivity contribution in [2.24, 2.45) is 5.41 Å². The second-order valence-electron chi connectivity index (χ2n) is 11.3. The second-order valence-corrected chi connectivity index (χ2v) is 11.3. The molecule has 1 saturated heterocycles. The Labute approximate surface area is 216 Å². The van der Waals surface area contributed by atoms with Crippen molar-refractivity contribution in [3.8, 4) is 17.4 Å². The summed E-state index contributed by atoms with van der Waals surface area (Å²) in [5.74, 6) is -1.18. The Bertz CT molecular complexity index is 1240. The molecule has 2 aromatic rings. The van der Waals surface area contributed by atoms with Crippen molar-refractivity contribution in [1.82, 2.24) is 15.5 Å². The van der Waals surface area contributed by atoms with Crippen molar-refractivity contribution >= 4 is 17.8 Å². The summed E-state index contributed by atoms with van der Waals surface area (Å²) in [5, 5.41) is 25.5. The minimum absolute atomic E-state index is 0.0487. The van der Waals surface area contributed by atoms with E-state index in [2.05, 4.69) is 37.5 Å². The number of carboxylic acids is 1. The van der Waals surface area contributed by atoms with Gasteiger partial charge in [-0.15, -0.1) is 0 Å². The molecular weight excluding hydrogens is 472 g/mol. The van der Waals surface area contributed by atoms with Crippen molar-refractivity contribution in [2.75, 3.05) is 6.54 Å². The fourth-order valence-electron chi connectivity index (χ4n) is 5.62. The van der Waals surface area contributed by atoms with E-state index in [4.69, 9.17) is 9.68 Å². The molecule has 4 rings (SSSR count). The molecule has 9 heteroatoms. The molecule has 1 aromatic heterocycles. The Morgan fingerprint density at radius 3 is 2.62 bits per heavy atom. The van der Waals surface area contributed by atoms with Crippen LogP contribution >= 0.6 is 0 Å². The zero-order chi connectivity index (χ0) is 27.0. The van der Waals surface area contributed by atoms with Crippen molar-refractivity contribution < 1.29 is 23.9 Å². The highest BCUT2D eigenvalue weighted by Gasteiger charge is 2.52. The third-order valence-electron chi connectivity index (χ3n) is 7.35. The molecule has 0 bridgehead atoms. The van der Waals surface area contributed by atoms with Crippen LogP contribution in [0.1, 0.15) is 69.5 Å². The smallest absolute Gasteiger partial charge is 0.311 e. The molecule has 3 N–H and O–H groups in total. The van der Waals surface area contributed by atoms with E-state index in [0.29, 0.717) is 42.7 Å². The van der Waals surface area contributed by atoms with Gasteiger partial charge in [-0.05, 0) is 77.6 Å². The van der Waals surface area contributed by atoms with E-state index in [9.17, 15) is 19.5 Å². The first-order chi connectivity index (χ1) is 17.4. The van der Waals surface area contributed by atoms with Gasteiger partial charge in [-0.3, -0.25) is 14.4 Å². The maximum atomic E-state index is 13.3. The summed E-state index contributed by atoms with van der Waals surface area (Å²) in [6, 6.07) is 11.0. The van der Waals surface area contributed by atoms with Crippen LogP contribution in [0.15, 0.2) is 40.8 Å². The summed E-state index contributed by atoms with van der Waals surface area (Å²) in [6.45, 7) is 8.28. The van der Waals surface area contributed by atoms with Gasteiger partial charge in [0.05, 0.1) is 17.0 Å². The average Bonchev–Trinajstić information content (AvgIpc) is 3.46. The van der Waals surface area contributed by atoms with Crippen LogP contribution < -0.4 is 10.6 Å². The van der Waals surface area contributed by atoms with Gasteiger partial charge in [-0.2, -0.15) is 5.26 Å². The molecule has 196 valence electrons. The molecule has 2 aliphatic rings. The summed E-state index contributed by atoms with van der Waals surface area (Å²) < 4.78 is 5.70. The van der Waals surface area contributed by atoms with Crippen LogP contribution in [0.2, 0.25) is 0 Å². The molecule has 37 heavy (non-hydrogen) atoms. The van der Waals surface area contributed by atoms with Crippen molar-refractivity contribution in [2.45, 2.75) is 77.0 Å². The summed E-state index contributed by atoms with van der Waals surface area (Å²) in [7, 11) is 0. The van der Waals surface area contributed by atoms with E-state index in [1.807, 2.05) is 0 Å². The highest BCUT2D eigenvalue weighted by atomic mass is 16.4. The van der Waals surface area contributed by atoms with Crippen molar-refractivity contribution in [3.05, 3.63) is 47.7 Å². The van der Waals surface area contributed by atoms with E-state index in [1.54, 1.807) is 42.2 Å². The first kappa shape index (κ1) is 26.4. The first-order valence-corrected chi connectivity index (χ1v) is 12.6. The monoisotopic (exact) mass is 506 g/mol. The Morgan fingerprint density at radius 2 is 1.95 bits per heavy atom. The number of carboxylic acid groups (broad SMARTS) is 1. The molecule has 1 aliphatic carbocycles. The van der Waals surface area contributed by atoms with Crippen LogP contribution in [-0.4, -0.2) is 58.0 Å². The highest BCUT2D eigenvalue weighted by molar-refractivity contribution is 5.96. The lowest BCUT2D eigenvalue weighted by molar-refractivity contribution is -0.158. The fourth-order valence-corrected chi connectivity index (χ4v) is 5.62. The molecule has 0 unspecified atom stereocenters. The van der Waals surface area contributed by atoms with Gasteiger partial charge in [0.25, 0.3) is 5.91 Å². The van der Waals surface area contributed by atoms with Gasteiger partial charge < -0.3 is 25.1 Å². The van der Waals surface area contributed by atoms with Gasteiger partial charge in [-0.25, -0.2) is 0 Å². The number of nitrogens with one attached hydrogen (secondary N) is 2. The number of rotatable bonds is 6. The van der Waals surface area contributed by atoms with E-state index in [1.165, 1.54) is 6.07 Å². The number of carbonyl (C=O) groups is 3. The zero-order valence-corrected chi connectivity index (χ0v) is 21.7. The number of benzene rings is 1. The third-order valence-corrected chi connectivity index (χ3v) is 7.35. The lowest BCUT2D eigenvalue weighted by Crippen LogP contribution is -2.59. The zero-order valence-electron chi connectivity index (χ0n) is 21.7. The second kappa shape index (κ2) is 10.0. The summed E-state index contributed by atoms with van der Waals surface area (Å²) in [5.41, 5.74) is -0.0808. The number of carbonyl (C=O) groups excluding carboxylic acids is 2. The predicted molar refractivity (Wildman–Crippen MR) is 137 cm³/mol. The third kappa shape index (κ3) is 5.54. The molecule has 1 saturated carbocycles. The number of hydrogen-bond donors (Lipinski definition) is 3. The van der Waals surface area contributed by atoms with Crippen LogP contribution in [0.5, 0.6) is 0 Å². The Hall–Kier alpha value is -3.64. The molecule has 2 amide bonds. The number of nitriles is 1. The molecule has 1 aliphatic heterocycles. The fraction of sp³-hybridized carbons (Fsp3) is 0.500. The van der Waals surface area contributed by atoms with Crippen LogP contribution in [0.4, 0.5) is 0 Å². The molecule has 1 aromatic carbocycles. The van der Waals surface area contributed by atoms with Gasteiger partial charge in [-0.1, -0.05) is 12.1 Å². The van der Waals surface area contributed by atoms with E-state index >= 15 is 0 Å². The average molecular weight is 507 g/mol. The lowest BCUT2D eigenvalue weighted by Gasteiger charge is -2.47. The molecule has 0 spiro atoms. The first-order valence-electron chi connectivity index (χ1n) is 12.6. The van der Waals surface area contributed by atoms with Crippen molar-refractivity contribution in [3.63, 3.8) is 0 Å². The number of amides is 2. The van der Waals surface area contributed by atoms with Gasteiger partial charge >= 0.3 is 5.97 Å². The maximum Gasteiger partial charge on any atom is 0.311 e. The Morgan fingerprint density at radius 1 is 1.19 bits per heavy atom. The maximum absolute atomic E-state index is 13.3. The number of hydrogen-bond acceptors (Lipinski definition) is 6. The Kier molecular flexibility index (Phi) is 7.16. The van der Waals surface area contributed by atoms with E-state index in [0.717, 1.165) is 6.42 Å². The van der Waals surface area contributed by atoms with Crippen LogP contribution in [0.3, 0.4) is 0 Å². The Balaban J connectivity index is 1.43. The normalized spacial score (nSPS) is 26.1. The van der Waals surface area contributed by atoms with Gasteiger partial charge in [0.15, 0.2) is 5.76 Å². The van der Waals surface area contributed by atoms with Gasteiger partial charge in [0.1, 0.15) is 11.8 Å². The van der Waals surface area contributed by atoms with Crippen LogP contribution in [-0.2, 0) is 9.59 Å². The molecule has 0 radical (unpaired) electrons. The predicted octanol–water partition coefficient (Wildman–Crippen LogP) is 3.55. The van der Waals surface area contributed by atoms with Crippen molar-refractivity contribution in [1.29, 1.82) is 5.26 Å². The standard InChI is InChI=1S/C28H34N4O5/c1-27(2,3)31-19-8-11-23(28(4,15-19)26(35)36)32-13-12-20(25(32)34)30-24(33)22-10-9-21(37-22)18-7-5-6-17(14-18)16-29/h5-7,9-10,14,19-20,23,31H,8,11-13,15H2,1-4H3,(H,30,33)(H,35,36)/t19-,20+,23+,28-/m1/s1. The number of aliphatic carboxylic acids is 1. The number of nitrogens with zero attached hydrogens (tertiary/aromatic N) is 2. The summed E-state index contributed by atoms with van der Waals surface area (Å²) in [6.07, 6.45) is 2.17. The number of furan rings is 1. The topological polar surface area (TPSA) is 136 Å². The number of likely N-dealkylation sites (tertiary alicyclic amines) is 1. The van der Waals surface area contributed by atoms with Crippen LogP contribution in [0, 0.1) is 16.7 Å². The molecule has 9 nitrogen and oxygen atoms in total. The van der Waals surface area contributed by atoms with Gasteiger partial charge in [0, 0.05) is 29.7 Å². The van der Waals surface area contributed by atoms with E-state index < -0.39 is 29.4 Å². The minimum atomic E-state index is -1.09. The SMILES string of the molecule is CC(C)(C)N[C@@H]1CC[C@H](N2CC[C@H](NC(=O)c3ccc(-c4cccc(C#N)c4)o3)C2=O)[C@](C)(C(=O)O)C1. The molecule has 2 heterocycles. The van der Waals surface area contributed by atoms with Crippen LogP contribution in [0.25, 0.3) is 11.3 Å². The summed E-state index contributed by atoms with van der Waals surface area (Å²) in [4.78, 5) is 40.3. The largest absolute Gasteiger partial charge is 0.481 e. The summed E-state index contributed by atoms with van der Waals surface area (Å²) >= 11 is 0. The molecular formula is C28H34N4O5. The molecule has 2 fully saturated rings. The van der Waals surface area contributed by atoms with E-state index in [-0.39, 0.29) is 23.2 Å². The minimum Gasteiger partial charge on any atom is -0.481 e. The quantitative estimate of drug-likeness (QED) is 0.545. The molecule has 4 atom stereocenters.